The second-order valence-corrected chi connectivity index (χ2v) is 2.88. The average molecular weight is 174 g/mol. The van der Waals surface area contributed by atoms with Crippen molar-refractivity contribution < 1.29 is 14.4 Å². The van der Waals surface area contributed by atoms with Crippen LogP contribution in [0.1, 0.15) is 0 Å². The number of nitrogens with zero attached hydrogens (tertiary/aromatic N) is 2. The lowest BCUT2D eigenvalue weighted by Gasteiger charge is -2.16. The molecule has 5 nitrogen and oxygen atoms in total. The largest absolute Gasteiger partial charge is 0.443 e. The molecule has 5 heteroatoms. The highest BCUT2D eigenvalue weighted by Crippen LogP contribution is 2.09. The minimum atomic E-state index is -0.260. The van der Waals surface area contributed by atoms with E-state index in [1.54, 1.807) is 31.2 Å². The van der Waals surface area contributed by atoms with Crippen molar-refractivity contribution in [2.24, 2.45) is 0 Å². The standard InChI is InChI=1S/C7H14N2O3/c1-8-4-6(12-7(8)10)5-9(2)11-3/h6H,4-5H2,1-3H3. The van der Waals surface area contributed by atoms with Crippen molar-refractivity contribution in [3.63, 3.8) is 0 Å². The smallest absolute Gasteiger partial charge is 0.410 e. The lowest BCUT2D eigenvalue weighted by atomic mass is 10.3. The van der Waals surface area contributed by atoms with Gasteiger partial charge >= 0.3 is 6.09 Å². The minimum absolute atomic E-state index is 0.0764. The van der Waals surface area contributed by atoms with E-state index in [4.69, 9.17) is 9.57 Å². The van der Waals surface area contributed by atoms with Gasteiger partial charge in [0.25, 0.3) is 0 Å². The zero-order chi connectivity index (χ0) is 9.14. The van der Waals surface area contributed by atoms with Crippen LogP contribution < -0.4 is 0 Å². The van der Waals surface area contributed by atoms with E-state index in [-0.39, 0.29) is 12.2 Å². The first-order valence-electron chi connectivity index (χ1n) is 3.80. The van der Waals surface area contributed by atoms with Crippen LogP contribution in [-0.4, -0.2) is 56.5 Å². The first-order chi connectivity index (χ1) is 5.63. The average Bonchev–Trinajstić information content (AvgIpc) is 2.31. The maximum atomic E-state index is 10.9. The number of carbonyl (C=O) groups excluding carboxylic acids is 1. The summed E-state index contributed by atoms with van der Waals surface area (Å²) in [4.78, 5) is 17.4. The van der Waals surface area contributed by atoms with Gasteiger partial charge < -0.3 is 14.5 Å². The first-order valence-corrected chi connectivity index (χ1v) is 3.80. The Morgan fingerprint density at radius 2 is 2.50 bits per heavy atom. The van der Waals surface area contributed by atoms with Crippen molar-refractivity contribution in [3.05, 3.63) is 0 Å². The molecule has 0 N–H and O–H groups in total. The number of ether oxygens (including phenoxy) is 1. The molecule has 1 saturated heterocycles. The molecule has 70 valence electrons. The number of hydrogen-bond acceptors (Lipinski definition) is 4. The van der Waals surface area contributed by atoms with Gasteiger partial charge in [-0.3, -0.25) is 0 Å². The van der Waals surface area contributed by atoms with Crippen LogP contribution in [0, 0.1) is 0 Å². The van der Waals surface area contributed by atoms with Crippen LogP contribution in [0.3, 0.4) is 0 Å². The summed E-state index contributed by atoms with van der Waals surface area (Å²) < 4.78 is 5.01. The third-order valence-corrected chi connectivity index (χ3v) is 1.83. The monoisotopic (exact) mass is 174 g/mol. The van der Waals surface area contributed by atoms with E-state index in [1.165, 1.54) is 0 Å². The fourth-order valence-electron chi connectivity index (χ4n) is 1.11. The Morgan fingerprint density at radius 1 is 1.83 bits per heavy atom. The van der Waals surface area contributed by atoms with Crippen molar-refractivity contribution >= 4 is 6.09 Å². The minimum Gasteiger partial charge on any atom is -0.443 e. The van der Waals surface area contributed by atoms with Crippen molar-refractivity contribution in [1.29, 1.82) is 0 Å². The molecule has 0 aromatic carbocycles. The molecule has 1 unspecified atom stereocenters. The van der Waals surface area contributed by atoms with Gasteiger partial charge in [-0.2, -0.15) is 5.06 Å². The lowest BCUT2D eigenvalue weighted by Crippen LogP contribution is -2.30. The third kappa shape index (κ3) is 2.09. The van der Waals surface area contributed by atoms with Gasteiger partial charge in [0.1, 0.15) is 6.10 Å². The number of hydrogen-bond donors (Lipinski definition) is 0. The second kappa shape index (κ2) is 3.73. The molecule has 0 radical (unpaired) electrons. The molecule has 0 aliphatic carbocycles. The van der Waals surface area contributed by atoms with Crippen molar-refractivity contribution in [1.82, 2.24) is 9.96 Å². The van der Waals surface area contributed by atoms with E-state index >= 15 is 0 Å². The molecule has 0 bridgehead atoms. The molecule has 0 aromatic heterocycles. The maximum Gasteiger partial charge on any atom is 0.410 e. The number of amides is 1. The fraction of sp³-hybridized carbons (Fsp3) is 0.857. The van der Waals surface area contributed by atoms with Crippen LogP contribution in [0.15, 0.2) is 0 Å². The molecular weight excluding hydrogens is 160 g/mol. The van der Waals surface area contributed by atoms with E-state index in [0.717, 1.165) is 0 Å². The Hall–Kier alpha value is -0.810. The first kappa shape index (κ1) is 9.28. The van der Waals surface area contributed by atoms with Crippen LogP contribution in [0.25, 0.3) is 0 Å². The predicted molar refractivity (Wildman–Crippen MR) is 42.5 cm³/mol. The molecular formula is C7H14N2O3. The number of likely N-dealkylation sites (N-methyl/N-ethyl adjacent to an activating group) is 2. The van der Waals surface area contributed by atoms with Crippen molar-refractivity contribution in [2.75, 3.05) is 34.3 Å². The highest BCUT2D eigenvalue weighted by molar-refractivity contribution is 5.69. The Kier molecular flexibility index (Phi) is 2.88. The number of rotatable bonds is 3. The van der Waals surface area contributed by atoms with Gasteiger partial charge in [-0.1, -0.05) is 0 Å². The van der Waals surface area contributed by atoms with E-state index < -0.39 is 0 Å². The van der Waals surface area contributed by atoms with Crippen LogP contribution in [0.5, 0.6) is 0 Å². The maximum absolute atomic E-state index is 10.9. The summed E-state index contributed by atoms with van der Waals surface area (Å²) in [6, 6.07) is 0. The Morgan fingerprint density at radius 3 is 2.92 bits per heavy atom. The summed E-state index contributed by atoms with van der Waals surface area (Å²) in [5.74, 6) is 0. The summed E-state index contributed by atoms with van der Waals surface area (Å²) in [6.45, 7) is 1.24. The Balaban J connectivity index is 2.32. The van der Waals surface area contributed by atoms with E-state index in [1.807, 2.05) is 0 Å². The van der Waals surface area contributed by atoms with E-state index in [0.29, 0.717) is 13.1 Å². The molecule has 1 rings (SSSR count). The quantitative estimate of drug-likeness (QED) is 0.562. The Bertz CT molecular complexity index is 174. The van der Waals surface area contributed by atoms with Crippen LogP contribution in [-0.2, 0) is 9.57 Å². The van der Waals surface area contributed by atoms with Crippen molar-refractivity contribution in [2.45, 2.75) is 6.10 Å². The second-order valence-electron chi connectivity index (χ2n) is 2.88. The van der Waals surface area contributed by atoms with Gasteiger partial charge in [0.05, 0.1) is 20.2 Å². The molecule has 12 heavy (non-hydrogen) atoms. The van der Waals surface area contributed by atoms with Gasteiger partial charge in [0, 0.05) is 14.1 Å². The summed E-state index contributed by atoms with van der Waals surface area (Å²) in [5.41, 5.74) is 0. The molecule has 1 fully saturated rings. The zero-order valence-electron chi connectivity index (χ0n) is 7.61. The van der Waals surface area contributed by atoms with Gasteiger partial charge in [-0.15, -0.1) is 0 Å². The van der Waals surface area contributed by atoms with Gasteiger partial charge in [0.15, 0.2) is 0 Å². The van der Waals surface area contributed by atoms with Gasteiger partial charge in [-0.05, 0) is 0 Å². The van der Waals surface area contributed by atoms with Gasteiger partial charge in [-0.25, -0.2) is 4.79 Å². The highest BCUT2D eigenvalue weighted by Gasteiger charge is 2.28. The lowest BCUT2D eigenvalue weighted by molar-refractivity contribution is -0.123. The van der Waals surface area contributed by atoms with E-state index in [9.17, 15) is 4.79 Å². The topological polar surface area (TPSA) is 42.0 Å². The predicted octanol–water partition coefficient (Wildman–Crippen LogP) is -0.0698. The van der Waals surface area contributed by atoms with Gasteiger partial charge in [0.2, 0.25) is 0 Å². The summed E-state index contributed by atoms with van der Waals surface area (Å²) in [6.07, 6.45) is -0.336. The molecule has 0 spiro atoms. The zero-order valence-corrected chi connectivity index (χ0v) is 7.61. The molecule has 0 aromatic rings. The van der Waals surface area contributed by atoms with Crippen molar-refractivity contribution in [3.8, 4) is 0 Å². The van der Waals surface area contributed by atoms with Crippen LogP contribution in [0.4, 0.5) is 4.79 Å². The fourth-order valence-corrected chi connectivity index (χ4v) is 1.11. The van der Waals surface area contributed by atoms with E-state index in [2.05, 4.69) is 0 Å². The number of carbonyl (C=O) groups is 1. The number of cyclic esters (lactones) is 1. The highest BCUT2D eigenvalue weighted by atomic mass is 16.7. The molecule has 1 amide bonds. The summed E-state index contributed by atoms with van der Waals surface area (Å²) in [7, 11) is 5.10. The molecule has 1 heterocycles. The molecule has 0 saturated carbocycles. The SMILES string of the molecule is CON(C)CC1CN(C)C(=O)O1. The molecule has 1 aliphatic rings. The molecule has 1 atom stereocenters. The Labute approximate surface area is 71.8 Å². The van der Waals surface area contributed by atoms with Crippen LogP contribution in [0.2, 0.25) is 0 Å². The molecule has 1 aliphatic heterocycles. The third-order valence-electron chi connectivity index (χ3n) is 1.83. The number of hydroxylamine groups is 2. The summed E-state index contributed by atoms with van der Waals surface area (Å²) >= 11 is 0. The normalized spacial score (nSPS) is 23.5. The van der Waals surface area contributed by atoms with Crippen LogP contribution >= 0.6 is 0 Å². The summed E-state index contributed by atoms with van der Waals surface area (Å²) in [5, 5.41) is 1.64.